The van der Waals surface area contributed by atoms with E-state index in [2.05, 4.69) is 15.9 Å². The van der Waals surface area contributed by atoms with Gasteiger partial charge in [-0.25, -0.2) is 13.5 Å². The first kappa shape index (κ1) is 16.2. The van der Waals surface area contributed by atoms with Gasteiger partial charge in [0.05, 0.1) is 5.69 Å². The van der Waals surface area contributed by atoms with Gasteiger partial charge in [-0.3, -0.25) is 9.48 Å². The van der Waals surface area contributed by atoms with Crippen molar-refractivity contribution in [3.05, 3.63) is 50.4 Å². The average Bonchev–Trinajstić information content (AvgIpc) is 3.20. The fourth-order valence-corrected chi connectivity index (χ4v) is 3.19. The SMILES string of the molecule is O=c1c(Br)c(C2CC2)n(CC(F)(F)F)n1-c1ccc(F)cc1F. The van der Waals surface area contributed by atoms with Gasteiger partial charge >= 0.3 is 6.18 Å². The van der Waals surface area contributed by atoms with E-state index < -0.39 is 35.6 Å². The van der Waals surface area contributed by atoms with Gasteiger partial charge in [-0.05, 0) is 40.9 Å². The molecule has 1 aromatic heterocycles. The zero-order chi connectivity index (χ0) is 16.9. The molecule has 0 bridgehead atoms. The topological polar surface area (TPSA) is 26.9 Å². The Labute approximate surface area is 135 Å². The maximum atomic E-state index is 14.0. The highest BCUT2D eigenvalue weighted by Crippen LogP contribution is 2.43. The quantitative estimate of drug-likeness (QED) is 0.716. The Morgan fingerprint density at radius 1 is 1.22 bits per heavy atom. The average molecular weight is 397 g/mol. The van der Waals surface area contributed by atoms with Crippen LogP contribution in [-0.2, 0) is 6.54 Å². The number of hydrogen-bond donors (Lipinski definition) is 0. The Hall–Kier alpha value is -1.64. The molecule has 9 heteroatoms. The minimum Gasteiger partial charge on any atom is -0.271 e. The molecule has 1 saturated carbocycles. The lowest BCUT2D eigenvalue weighted by atomic mass is 10.3. The highest BCUT2D eigenvalue weighted by molar-refractivity contribution is 9.10. The van der Waals surface area contributed by atoms with Gasteiger partial charge in [0.1, 0.15) is 22.5 Å². The molecule has 23 heavy (non-hydrogen) atoms. The first-order valence-electron chi connectivity index (χ1n) is 6.72. The van der Waals surface area contributed by atoms with E-state index in [0.717, 1.165) is 16.8 Å². The molecule has 2 aromatic rings. The van der Waals surface area contributed by atoms with Crippen LogP contribution in [0.4, 0.5) is 22.0 Å². The molecule has 0 unspecified atom stereocenters. The number of aromatic nitrogens is 2. The predicted molar refractivity (Wildman–Crippen MR) is 75.7 cm³/mol. The predicted octanol–water partition coefficient (Wildman–Crippen LogP) is 4.12. The zero-order valence-corrected chi connectivity index (χ0v) is 13.1. The highest BCUT2D eigenvalue weighted by Gasteiger charge is 2.38. The van der Waals surface area contributed by atoms with Gasteiger partial charge in [0.2, 0.25) is 0 Å². The van der Waals surface area contributed by atoms with Crippen LogP contribution in [0.3, 0.4) is 0 Å². The van der Waals surface area contributed by atoms with E-state index in [-0.39, 0.29) is 16.1 Å². The molecule has 0 atom stereocenters. The molecule has 0 aliphatic heterocycles. The lowest BCUT2D eigenvalue weighted by Crippen LogP contribution is -2.28. The summed E-state index contributed by atoms with van der Waals surface area (Å²) in [5.41, 5.74) is -1.04. The molecule has 1 heterocycles. The summed E-state index contributed by atoms with van der Waals surface area (Å²) in [5.74, 6) is -2.17. The van der Waals surface area contributed by atoms with E-state index in [0.29, 0.717) is 23.6 Å². The summed E-state index contributed by atoms with van der Waals surface area (Å²) in [4.78, 5) is 12.3. The summed E-state index contributed by atoms with van der Waals surface area (Å²) in [5, 5.41) is 0. The summed E-state index contributed by atoms with van der Waals surface area (Å²) < 4.78 is 67.0. The minimum atomic E-state index is -4.59. The molecule has 0 saturated heterocycles. The Bertz CT molecular complexity index is 820. The molecular formula is C14H10BrF5N2O. The Morgan fingerprint density at radius 2 is 1.87 bits per heavy atom. The highest BCUT2D eigenvalue weighted by atomic mass is 79.9. The molecule has 0 N–H and O–H groups in total. The largest absolute Gasteiger partial charge is 0.407 e. The van der Waals surface area contributed by atoms with Crippen LogP contribution in [-0.4, -0.2) is 15.5 Å². The zero-order valence-electron chi connectivity index (χ0n) is 11.5. The number of alkyl halides is 3. The van der Waals surface area contributed by atoms with Crippen molar-refractivity contribution in [1.82, 2.24) is 9.36 Å². The van der Waals surface area contributed by atoms with Crippen LogP contribution in [0.2, 0.25) is 0 Å². The molecule has 1 aromatic carbocycles. The van der Waals surface area contributed by atoms with Crippen LogP contribution >= 0.6 is 15.9 Å². The first-order valence-corrected chi connectivity index (χ1v) is 7.51. The van der Waals surface area contributed by atoms with Gasteiger partial charge in [-0.15, -0.1) is 0 Å². The molecule has 0 spiro atoms. The second-order valence-corrected chi connectivity index (χ2v) is 6.15. The monoisotopic (exact) mass is 396 g/mol. The van der Waals surface area contributed by atoms with Crippen molar-refractivity contribution in [2.75, 3.05) is 0 Å². The molecule has 0 radical (unpaired) electrons. The van der Waals surface area contributed by atoms with Crippen LogP contribution in [0.25, 0.3) is 5.69 Å². The van der Waals surface area contributed by atoms with Crippen LogP contribution in [0.15, 0.2) is 27.5 Å². The number of hydrogen-bond acceptors (Lipinski definition) is 1. The van der Waals surface area contributed by atoms with E-state index in [1.165, 1.54) is 0 Å². The lowest BCUT2D eigenvalue weighted by molar-refractivity contribution is -0.144. The van der Waals surface area contributed by atoms with E-state index in [9.17, 15) is 26.7 Å². The molecule has 1 aliphatic carbocycles. The van der Waals surface area contributed by atoms with Crippen LogP contribution < -0.4 is 5.56 Å². The maximum absolute atomic E-state index is 14.0. The Morgan fingerprint density at radius 3 is 2.39 bits per heavy atom. The summed E-state index contributed by atoms with van der Waals surface area (Å²) in [6.45, 7) is -1.43. The van der Waals surface area contributed by atoms with E-state index in [4.69, 9.17) is 0 Å². The van der Waals surface area contributed by atoms with Gasteiger partial charge < -0.3 is 0 Å². The molecule has 1 aliphatic rings. The number of rotatable bonds is 3. The number of halogens is 6. The van der Waals surface area contributed by atoms with Crippen molar-refractivity contribution >= 4 is 15.9 Å². The van der Waals surface area contributed by atoms with Gasteiger partial charge in [0.25, 0.3) is 5.56 Å². The third-order valence-electron chi connectivity index (χ3n) is 3.56. The fourth-order valence-electron chi connectivity index (χ4n) is 2.50. The van der Waals surface area contributed by atoms with Crippen LogP contribution in [0.5, 0.6) is 0 Å². The fraction of sp³-hybridized carbons (Fsp3) is 0.357. The van der Waals surface area contributed by atoms with Crippen LogP contribution in [0.1, 0.15) is 24.5 Å². The summed E-state index contributed by atoms with van der Waals surface area (Å²) in [6, 6.07) is 2.36. The number of nitrogens with zero attached hydrogens (tertiary/aromatic N) is 2. The molecule has 3 rings (SSSR count). The van der Waals surface area contributed by atoms with Gasteiger partial charge in [-0.2, -0.15) is 13.2 Å². The van der Waals surface area contributed by atoms with Crippen LogP contribution in [0, 0.1) is 11.6 Å². The second kappa shape index (κ2) is 5.47. The molecule has 0 amide bonds. The van der Waals surface area contributed by atoms with Crippen molar-refractivity contribution in [3.8, 4) is 5.69 Å². The Kier molecular flexibility index (Phi) is 3.86. The van der Waals surface area contributed by atoms with Crippen molar-refractivity contribution in [3.63, 3.8) is 0 Å². The summed E-state index contributed by atoms with van der Waals surface area (Å²) >= 11 is 3.02. The normalized spacial score (nSPS) is 15.2. The van der Waals surface area contributed by atoms with Crippen molar-refractivity contribution in [2.45, 2.75) is 31.5 Å². The molecule has 3 nitrogen and oxygen atoms in total. The van der Waals surface area contributed by atoms with E-state index in [1.54, 1.807) is 0 Å². The third kappa shape index (κ3) is 3.06. The lowest BCUT2D eigenvalue weighted by Gasteiger charge is -2.17. The third-order valence-corrected chi connectivity index (χ3v) is 4.30. The van der Waals surface area contributed by atoms with E-state index >= 15 is 0 Å². The minimum absolute atomic E-state index is 0.0204. The second-order valence-electron chi connectivity index (χ2n) is 5.36. The van der Waals surface area contributed by atoms with Gasteiger partial charge in [0.15, 0.2) is 5.82 Å². The van der Waals surface area contributed by atoms with Crippen molar-refractivity contribution in [2.24, 2.45) is 0 Å². The van der Waals surface area contributed by atoms with Crippen molar-refractivity contribution < 1.29 is 22.0 Å². The number of benzene rings is 1. The molecule has 1 fully saturated rings. The molecule has 124 valence electrons. The van der Waals surface area contributed by atoms with Gasteiger partial charge in [0, 0.05) is 12.0 Å². The smallest absolute Gasteiger partial charge is 0.271 e. The summed E-state index contributed by atoms with van der Waals surface area (Å²) in [7, 11) is 0. The summed E-state index contributed by atoms with van der Waals surface area (Å²) in [6.07, 6.45) is -3.27. The van der Waals surface area contributed by atoms with E-state index in [1.807, 2.05) is 0 Å². The van der Waals surface area contributed by atoms with Crippen molar-refractivity contribution in [1.29, 1.82) is 0 Å². The Balaban J connectivity index is 2.26. The first-order chi connectivity index (χ1) is 10.7. The standard InChI is InChI=1S/C14H10BrF5N2O/c15-11-12(7-1-2-7)21(6-14(18,19)20)22(13(11)23)10-4-3-8(16)5-9(10)17/h3-5,7H,1-2,6H2. The maximum Gasteiger partial charge on any atom is 0.407 e. The van der Waals surface area contributed by atoms with Gasteiger partial charge in [-0.1, -0.05) is 0 Å². The molecular weight excluding hydrogens is 387 g/mol.